The van der Waals surface area contributed by atoms with Crippen molar-refractivity contribution in [1.82, 2.24) is 10.6 Å². The molecule has 0 bridgehead atoms. The largest absolute Gasteiger partial charge is 0.368 e. The Morgan fingerprint density at radius 2 is 2.35 bits per heavy atom. The monoisotopic (exact) mass is 230 g/mol. The van der Waals surface area contributed by atoms with E-state index >= 15 is 0 Å². The van der Waals surface area contributed by atoms with Crippen molar-refractivity contribution in [3.05, 3.63) is 29.8 Å². The molecular weight excluding hydrogens is 212 g/mol. The minimum Gasteiger partial charge on any atom is -0.368 e. The van der Waals surface area contributed by atoms with E-state index in [2.05, 4.69) is 21.6 Å². The quantitative estimate of drug-likeness (QED) is 0.796. The average Bonchev–Trinajstić information content (AvgIpc) is 2.39. The molecule has 0 amide bonds. The van der Waals surface area contributed by atoms with Gasteiger partial charge in [-0.15, -0.1) is 0 Å². The molecule has 1 fully saturated rings. The van der Waals surface area contributed by atoms with E-state index in [0.29, 0.717) is 6.04 Å². The van der Waals surface area contributed by atoms with Gasteiger partial charge >= 0.3 is 0 Å². The molecule has 1 saturated heterocycles. The van der Waals surface area contributed by atoms with Crippen LogP contribution in [0.15, 0.2) is 24.3 Å². The predicted molar refractivity (Wildman–Crippen MR) is 69.1 cm³/mol. The number of hydrogen-bond donors (Lipinski definition) is 2. The fraction of sp³-hybridized carbons (Fsp3) is 0.462. The summed E-state index contributed by atoms with van der Waals surface area (Å²) in [6.07, 6.45) is 0. The number of nitrogens with one attached hydrogen (secondary N) is 2. The maximum atomic E-state index is 9.11. The number of para-hydroxylation sites is 1. The molecule has 0 saturated carbocycles. The van der Waals surface area contributed by atoms with Crippen LogP contribution in [-0.2, 0) is 0 Å². The highest BCUT2D eigenvalue weighted by Crippen LogP contribution is 2.20. The maximum absolute atomic E-state index is 9.11. The van der Waals surface area contributed by atoms with E-state index < -0.39 is 0 Å². The third-order valence-corrected chi connectivity index (χ3v) is 3.07. The Balaban J connectivity index is 2.14. The van der Waals surface area contributed by atoms with Crippen LogP contribution in [0.2, 0.25) is 0 Å². The first-order chi connectivity index (χ1) is 8.35. The topological polar surface area (TPSA) is 51.1 Å². The van der Waals surface area contributed by atoms with Gasteiger partial charge in [-0.2, -0.15) is 5.26 Å². The Morgan fingerprint density at radius 1 is 1.53 bits per heavy atom. The van der Waals surface area contributed by atoms with Gasteiger partial charge in [0.05, 0.1) is 11.3 Å². The molecule has 1 unspecified atom stereocenters. The third kappa shape index (κ3) is 2.76. The third-order valence-electron chi connectivity index (χ3n) is 3.07. The highest BCUT2D eigenvalue weighted by Gasteiger charge is 2.20. The molecule has 1 aromatic carbocycles. The van der Waals surface area contributed by atoms with Crippen molar-refractivity contribution < 1.29 is 0 Å². The summed E-state index contributed by atoms with van der Waals surface area (Å²) in [5, 5.41) is 15.8. The van der Waals surface area contributed by atoms with E-state index in [9.17, 15) is 0 Å². The second-order valence-corrected chi connectivity index (χ2v) is 4.28. The minimum absolute atomic E-state index is 0.445. The van der Waals surface area contributed by atoms with Gasteiger partial charge in [0.25, 0.3) is 0 Å². The van der Waals surface area contributed by atoms with Gasteiger partial charge in [-0.3, -0.25) is 0 Å². The van der Waals surface area contributed by atoms with Gasteiger partial charge < -0.3 is 15.5 Å². The van der Waals surface area contributed by atoms with Crippen LogP contribution in [0.1, 0.15) is 5.56 Å². The number of nitriles is 1. The lowest BCUT2D eigenvalue weighted by atomic mass is 10.1. The molecule has 17 heavy (non-hydrogen) atoms. The Kier molecular flexibility index (Phi) is 3.97. The highest BCUT2D eigenvalue weighted by atomic mass is 15.2. The van der Waals surface area contributed by atoms with Crippen molar-refractivity contribution in [2.24, 2.45) is 0 Å². The number of likely N-dealkylation sites (N-methyl/N-ethyl adjacent to an activating group) is 1. The molecule has 4 nitrogen and oxygen atoms in total. The lowest BCUT2D eigenvalue weighted by Crippen LogP contribution is -2.54. The first kappa shape index (κ1) is 11.9. The van der Waals surface area contributed by atoms with Crippen LogP contribution in [0.4, 0.5) is 5.69 Å². The molecule has 0 spiro atoms. The first-order valence-electron chi connectivity index (χ1n) is 5.97. The molecular formula is C13H18N4. The van der Waals surface area contributed by atoms with Crippen LogP contribution in [0.5, 0.6) is 0 Å². The molecule has 1 aliphatic rings. The summed E-state index contributed by atoms with van der Waals surface area (Å²) in [5.74, 6) is 0. The van der Waals surface area contributed by atoms with Crippen molar-refractivity contribution >= 4 is 5.69 Å². The summed E-state index contributed by atoms with van der Waals surface area (Å²) in [6.45, 7) is 3.82. The second kappa shape index (κ2) is 5.67. The standard InChI is InChI=1S/C13H18N4/c1-15-9-12-10-17(7-6-16-12)13-5-3-2-4-11(13)8-14/h2-5,12,15-16H,6-7,9-10H2,1H3. The fourth-order valence-corrected chi connectivity index (χ4v) is 2.27. The molecule has 2 rings (SSSR count). The number of nitrogens with zero attached hydrogens (tertiary/aromatic N) is 2. The summed E-state index contributed by atoms with van der Waals surface area (Å²) in [4.78, 5) is 2.29. The highest BCUT2D eigenvalue weighted by molar-refractivity contribution is 5.59. The zero-order valence-electron chi connectivity index (χ0n) is 10.1. The van der Waals surface area contributed by atoms with Crippen molar-refractivity contribution in [3.8, 4) is 6.07 Å². The SMILES string of the molecule is CNCC1CN(c2ccccc2C#N)CCN1. The lowest BCUT2D eigenvalue weighted by Gasteiger charge is -2.35. The van der Waals surface area contributed by atoms with Crippen LogP contribution >= 0.6 is 0 Å². The normalized spacial score (nSPS) is 20.0. The summed E-state index contributed by atoms with van der Waals surface area (Å²) in [7, 11) is 1.96. The molecule has 1 aromatic rings. The average molecular weight is 230 g/mol. The lowest BCUT2D eigenvalue weighted by molar-refractivity contribution is 0.443. The molecule has 2 N–H and O–H groups in total. The molecule has 1 atom stereocenters. The number of benzene rings is 1. The van der Waals surface area contributed by atoms with E-state index in [1.54, 1.807) is 0 Å². The van der Waals surface area contributed by atoms with Crippen molar-refractivity contribution in [2.45, 2.75) is 6.04 Å². The molecule has 90 valence electrons. The Hall–Kier alpha value is -1.57. The van der Waals surface area contributed by atoms with Crippen molar-refractivity contribution in [1.29, 1.82) is 5.26 Å². The summed E-state index contributed by atoms with van der Waals surface area (Å²) >= 11 is 0. The maximum Gasteiger partial charge on any atom is 0.101 e. The minimum atomic E-state index is 0.445. The van der Waals surface area contributed by atoms with E-state index in [1.807, 2.05) is 31.3 Å². The van der Waals surface area contributed by atoms with E-state index in [1.165, 1.54) is 0 Å². The number of hydrogen-bond acceptors (Lipinski definition) is 4. The summed E-state index contributed by atoms with van der Waals surface area (Å²) in [6, 6.07) is 10.5. The zero-order chi connectivity index (χ0) is 12.1. The number of rotatable bonds is 3. The zero-order valence-corrected chi connectivity index (χ0v) is 10.1. The summed E-state index contributed by atoms with van der Waals surface area (Å²) in [5.41, 5.74) is 1.82. The second-order valence-electron chi connectivity index (χ2n) is 4.28. The van der Waals surface area contributed by atoms with Crippen molar-refractivity contribution in [3.63, 3.8) is 0 Å². The summed E-state index contributed by atoms with van der Waals surface area (Å²) < 4.78 is 0. The molecule has 0 aromatic heterocycles. The number of piperazine rings is 1. The van der Waals surface area contributed by atoms with Gasteiger partial charge in [-0.05, 0) is 19.2 Å². The molecule has 1 aliphatic heterocycles. The van der Waals surface area contributed by atoms with Crippen molar-refractivity contribution in [2.75, 3.05) is 38.1 Å². The molecule has 4 heteroatoms. The Labute approximate surface area is 102 Å². The van der Waals surface area contributed by atoms with Gasteiger partial charge in [0.1, 0.15) is 6.07 Å². The van der Waals surface area contributed by atoms with Crippen LogP contribution in [0, 0.1) is 11.3 Å². The van der Waals surface area contributed by atoms with Crippen LogP contribution in [0.3, 0.4) is 0 Å². The Bertz CT molecular complexity index is 408. The Morgan fingerprint density at radius 3 is 3.12 bits per heavy atom. The fourth-order valence-electron chi connectivity index (χ4n) is 2.27. The van der Waals surface area contributed by atoms with Gasteiger partial charge in [0.2, 0.25) is 0 Å². The molecule has 1 heterocycles. The smallest absolute Gasteiger partial charge is 0.101 e. The van der Waals surface area contributed by atoms with Gasteiger partial charge in [0.15, 0.2) is 0 Å². The van der Waals surface area contributed by atoms with Crippen LogP contribution < -0.4 is 15.5 Å². The first-order valence-corrected chi connectivity index (χ1v) is 5.97. The molecule has 0 aliphatic carbocycles. The van der Waals surface area contributed by atoms with Gasteiger partial charge in [0, 0.05) is 32.2 Å². The van der Waals surface area contributed by atoms with Gasteiger partial charge in [-0.25, -0.2) is 0 Å². The number of anilines is 1. The molecule has 0 radical (unpaired) electrons. The van der Waals surface area contributed by atoms with E-state index in [-0.39, 0.29) is 0 Å². The van der Waals surface area contributed by atoms with E-state index in [4.69, 9.17) is 5.26 Å². The van der Waals surface area contributed by atoms with Gasteiger partial charge in [-0.1, -0.05) is 12.1 Å². The predicted octanol–water partition coefficient (Wildman–Crippen LogP) is 0.556. The van der Waals surface area contributed by atoms with Crippen LogP contribution in [0.25, 0.3) is 0 Å². The van der Waals surface area contributed by atoms with E-state index in [0.717, 1.165) is 37.4 Å². The van der Waals surface area contributed by atoms with Crippen LogP contribution in [-0.4, -0.2) is 39.3 Å².